The van der Waals surface area contributed by atoms with Crippen molar-refractivity contribution < 1.29 is 4.79 Å². The first-order valence-corrected chi connectivity index (χ1v) is 7.09. The highest BCUT2D eigenvalue weighted by molar-refractivity contribution is 5.92. The van der Waals surface area contributed by atoms with Crippen molar-refractivity contribution in [2.75, 3.05) is 13.1 Å². The van der Waals surface area contributed by atoms with Crippen LogP contribution in [0.2, 0.25) is 0 Å². The summed E-state index contributed by atoms with van der Waals surface area (Å²) < 4.78 is 0. The van der Waals surface area contributed by atoms with E-state index in [1.165, 1.54) is 0 Å². The minimum absolute atomic E-state index is 0.0285. The maximum Gasteiger partial charge on any atom is 0.272 e. The zero-order chi connectivity index (χ0) is 14.7. The van der Waals surface area contributed by atoms with E-state index in [1.54, 1.807) is 31.7 Å². The van der Waals surface area contributed by atoms with Gasteiger partial charge in [-0.25, -0.2) is 19.9 Å². The van der Waals surface area contributed by atoms with Gasteiger partial charge in [0.05, 0.1) is 0 Å². The second-order valence-corrected chi connectivity index (χ2v) is 5.21. The first-order chi connectivity index (χ1) is 10.2. The van der Waals surface area contributed by atoms with Crippen LogP contribution in [0.25, 0.3) is 0 Å². The third-order valence-electron chi connectivity index (χ3n) is 3.73. The summed E-state index contributed by atoms with van der Waals surface area (Å²) in [6.45, 7) is 3.24. The molecule has 21 heavy (non-hydrogen) atoms. The van der Waals surface area contributed by atoms with Gasteiger partial charge in [0.15, 0.2) is 0 Å². The number of carbonyl (C=O) groups is 1. The third-order valence-corrected chi connectivity index (χ3v) is 3.73. The number of piperidine rings is 1. The minimum atomic E-state index is -0.0285. The highest BCUT2D eigenvalue weighted by Gasteiger charge is 2.26. The summed E-state index contributed by atoms with van der Waals surface area (Å²) in [6.07, 6.45) is 6.95. The molecule has 2 aromatic heterocycles. The smallest absolute Gasteiger partial charge is 0.272 e. The minimum Gasteiger partial charge on any atom is -0.337 e. The predicted octanol–water partition coefficient (Wildman–Crippen LogP) is 1.59. The van der Waals surface area contributed by atoms with Gasteiger partial charge in [-0.1, -0.05) is 0 Å². The van der Waals surface area contributed by atoms with Gasteiger partial charge in [0.25, 0.3) is 5.91 Å². The van der Waals surface area contributed by atoms with E-state index in [9.17, 15) is 4.79 Å². The van der Waals surface area contributed by atoms with E-state index >= 15 is 0 Å². The van der Waals surface area contributed by atoms with Gasteiger partial charge in [0, 0.05) is 37.1 Å². The third kappa shape index (κ3) is 3.04. The molecule has 0 radical (unpaired) electrons. The highest BCUT2D eigenvalue weighted by atomic mass is 16.2. The van der Waals surface area contributed by atoms with Crippen molar-refractivity contribution in [2.24, 2.45) is 0 Å². The molecule has 0 spiro atoms. The largest absolute Gasteiger partial charge is 0.337 e. The van der Waals surface area contributed by atoms with E-state index in [0.717, 1.165) is 25.1 Å². The molecule has 1 amide bonds. The van der Waals surface area contributed by atoms with E-state index in [2.05, 4.69) is 19.9 Å². The molecule has 0 saturated carbocycles. The van der Waals surface area contributed by atoms with Crippen LogP contribution in [0, 0.1) is 6.92 Å². The molecule has 1 atom stereocenters. The molecule has 6 heteroatoms. The molecule has 0 unspecified atom stereocenters. The van der Waals surface area contributed by atoms with Gasteiger partial charge in [-0.05, 0) is 31.9 Å². The van der Waals surface area contributed by atoms with Gasteiger partial charge < -0.3 is 4.90 Å². The van der Waals surface area contributed by atoms with Crippen molar-refractivity contribution in [2.45, 2.75) is 25.7 Å². The van der Waals surface area contributed by atoms with E-state index in [0.29, 0.717) is 18.1 Å². The molecule has 108 valence electrons. The average molecular weight is 283 g/mol. The second kappa shape index (κ2) is 5.95. The Morgan fingerprint density at radius 3 is 2.95 bits per heavy atom. The van der Waals surface area contributed by atoms with Crippen molar-refractivity contribution in [3.8, 4) is 0 Å². The number of hydrogen-bond donors (Lipinski definition) is 0. The number of rotatable bonds is 2. The van der Waals surface area contributed by atoms with Crippen LogP contribution in [0.1, 0.15) is 40.8 Å². The van der Waals surface area contributed by atoms with Crippen molar-refractivity contribution >= 4 is 5.91 Å². The Bertz CT molecular complexity index is 631. The van der Waals surface area contributed by atoms with Crippen LogP contribution < -0.4 is 0 Å². The van der Waals surface area contributed by atoms with E-state index in [1.807, 2.05) is 11.0 Å². The summed E-state index contributed by atoms with van der Waals surface area (Å²) in [5.74, 6) is 0.859. The topological polar surface area (TPSA) is 71.9 Å². The number of nitrogens with zero attached hydrogens (tertiary/aromatic N) is 5. The second-order valence-electron chi connectivity index (χ2n) is 5.21. The summed E-state index contributed by atoms with van der Waals surface area (Å²) in [7, 11) is 0. The first kappa shape index (κ1) is 13.6. The van der Waals surface area contributed by atoms with Gasteiger partial charge in [-0.15, -0.1) is 0 Å². The van der Waals surface area contributed by atoms with E-state index in [4.69, 9.17) is 0 Å². The van der Waals surface area contributed by atoms with Crippen LogP contribution in [-0.2, 0) is 0 Å². The lowest BCUT2D eigenvalue weighted by molar-refractivity contribution is 0.0699. The van der Waals surface area contributed by atoms with Crippen molar-refractivity contribution in [3.63, 3.8) is 0 Å². The fourth-order valence-electron chi connectivity index (χ4n) is 2.68. The summed E-state index contributed by atoms with van der Waals surface area (Å²) >= 11 is 0. The SMILES string of the molecule is Cc1nccc(C(=O)N2CCC[C@@H](c3ccncn3)C2)n1. The van der Waals surface area contributed by atoms with Crippen molar-refractivity contribution in [3.05, 3.63) is 48.1 Å². The number of hydrogen-bond acceptors (Lipinski definition) is 5. The van der Waals surface area contributed by atoms with E-state index < -0.39 is 0 Å². The Morgan fingerprint density at radius 1 is 1.29 bits per heavy atom. The first-order valence-electron chi connectivity index (χ1n) is 7.09. The van der Waals surface area contributed by atoms with Crippen LogP contribution in [0.4, 0.5) is 0 Å². The number of aromatic nitrogens is 4. The lowest BCUT2D eigenvalue weighted by Crippen LogP contribution is -2.39. The molecule has 3 rings (SSSR count). The van der Waals surface area contributed by atoms with Crippen LogP contribution >= 0.6 is 0 Å². The van der Waals surface area contributed by atoms with Gasteiger partial charge in [0.1, 0.15) is 17.8 Å². The number of aryl methyl sites for hydroxylation is 1. The van der Waals surface area contributed by atoms with Crippen molar-refractivity contribution in [1.29, 1.82) is 0 Å². The lowest BCUT2D eigenvalue weighted by atomic mass is 9.94. The fraction of sp³-hybridized carbons (Fsp3) is 0.400. The molecule has 1 aliphatic rings. The Kier molecular flexibility index (Phi) is 3.85. The number of carbonyl (C=O) groups excluding carboxylic acids is 1. The summed E-state index contributed by atoms with van der Waals surface area (Å²) in [4.78, 5) is 30.9. The molecule has 0 aromatic carbocycles. The van der Waals surface area contributed by atoms with Gasteiger partial charge in [-0.2, -0.15) is 0 Å². The van der Waals surface area contributed by atoms with E-state index in [-0.39, 0.29) is 11.8 Å². The van der Waals surface area contributed by atoms with Crippen LogP contribution in [0.5, 0.6) is 0 Å². The molecule has 0 bridgehead atoms. The zero-order valence-corrected chi connectivity index (χ0v) is 11.9. The molecule has 1 fully saturated rings. The molecule has 0 N–H and O–H groups in total. The monoisotopic (exact) mass is 283 g/mol. The highest BCUT2D eigenvalue weighted by Crippen LogP contribution is 2.25. The average Bonchev–Trinajstić information content (AvgIpc) is 2.55. The normalized spacial score (nSPS) is 18.5. The molecule has 3 heterocycles. The van der Waals surface area contributed by atoms with Crippen LogP contribution in [0.3, 0.4) is 0 Å². The maximum atomic E-state index is 12.5. The molecule has 1 saturated heterocycles. The lowest BCUT2D eigenvalue weighted by Gasteiger charge is -2.32. The van der Waals surface area contributed by atoms with Gasteiger partial charge in [-0.3, -0.25) is 4.79 Å². The predicted molar refractivity (Wildman–Crippen MR) is 76.7 cm³/mol. The quantitative estimate of drug-likeness (QED) is 0.837. The van der Waals surface area contributed by atoms with Crippen LogP contribution in [-0.4, -0.2) is 43.8 Å². The molecule has 6 nitrogen and oxygen atoms in total. The molecular formula is C15H17N5O. The van der Waals surface area contributed by atoms with Gasteiger partial charge in [0.2, 0.25) is 0 Å². The van der Waals surface area contributed by atoms with Crippen LogP contribution in [0.15, 0.2) is 30.9 Å². The molecule has 0 aliphatic carbocycles. The summed E-state index contributed by atoms with van der Waals surface area (Å²) in [5, 5.41) is 0. The summed E-state index contributed by atoms with van der Waals surface area (Å²) in [5.41, 5.74) is 1.47. The van der Waals surface area contributed by atoms with Gasteiger partial charge >= 0.3 is 0 Å². The molecule has 1 aliphatic heterocycles. The Hall–Kier alpha value is -2.37. The Labute approximate surface area is 123 Å². The standard InChI is InChI=1S/C15H17N5O/c1-11-17-7-5-14(19-11)15(21)20-8-2-3-12(9-20)13-4-6-16-10-18-13/h4-7,10,12H,2-3,8-9H2,1H3/t12-/m1/s1. The molecule has 2 aromatic rings. The number of amides is 1. The molecular weight excluding hydrogens is 266 g/mol. The zero-order valence-electron chi connectivity index (χ0n) is 11.9. The fourth-order valence-corrected chi connectivity index (χ4v) is 2.68. The number of likely N-dealkylation sites (tertiary alicyclic amines) is 1. The Balaban J connectivity index is 1.75. The Morgan fingerprint density at radius 2 is 2.19 bits per heavy atom. The summed E-state index contributed by atoms with van der Waals surface area (Å²) in [6, 6.07) is 3.59. The maximum absolute atomic E-state index is 12.5. The van der Waals surface area contributed by atoms with Crippen molar-refractivity contribution in [1.82, 2.24) is 24.8 Å².